The van der Waals surface area contributed by atoms with Gasteiger partial charge in [-0.15, -0.1) is 0 Å². The van der Waals surface area contributed by atoms with Crippen molar-refractivity contribution in [3.8, 4) is 0 Å². The molecule has 0 aromatic rings. The summed E-state index contributed by atoms with van der Waals surface area (Å²) < 4.78 is 0. The van der Waals surface area contributed by atoms with Crippen LogP contribution in [0.15, 0.2) is 108 Å². The fourth-order valence-corrected chi connectivity index (χ4v) is 4.84. The molecule has 10 heteroatoms. The van der Waals surface area contributed by atoms with E-state index in [1.807, 2.05) is 18.2 Å². The molecule has 4 N–H and O–H groups in total. The normalized spacial score (nSPS) is 28.2. The third-order valence-corrected chi connectivity index (χ3v) is 7.35. The average Bonchev–Trinajstić information content (AvgIpc) is 3.33. The first-order valence-electron chi connectivity index (χ1n) is 13.5. The number of aliphatic hydroxyl groups excluding tert-OH is 4. The van der Waals surface area contributed by atoms with Gasteiger partial charge in [-0.05, 0) is 30.9 Å². The van der Waals surface area contributed by atoms with Gasteiger partial charge in [-0.1, -0.05) is 72.9 Å². The minimum Gasteiger partial charge on any atom is -0.507 e. The fourth-order valence-electron chi connectivity index (χ4n) is 4.84. The molecule has 2 heterocycles. The Bertz CT molecular complexity index is 1360. The maximum absolute atomic E-state index is 12.2. The lowest BCUT2D eigenvalue weighted by Gasteiger charge is -2.22. The molecule has 4 atom stereocenters. The Morgan fingerprint density at radius 1 is 0.738 bits per heavy atom. The SMILES string of the molecule is CN1C(=O)/C(=C(O)/C=C/C=C/C=C/C2CCC=CC2/C=C/C=C/C=C/C(O)=C2/C(=O)C(CO)N(C)C2=O)C(=O)C1CO. The van der Waals surface area contributed by atoms with Gasteiger partial charge in [0.1, 0.15) is 34.7 Å². The van der Waals surface area contributed by atoms with Crippen LogP contribution in [0.5, 0.6) is 0 Å². The van der Waals surface area contributed by atoms with E-state index in [0.717, 1.165) is 22.6 Å². The predicted molar refractivity (Wildman–Crippen MR) is 157 cm³/mol. The fraction of sp³-hybridized carbons (Fsp3) is 0.312. The van der Waals surface area contributed by atoms with Crippen LogP contribution in [0, 0.1) is 11.8 Å². The van der Waals surface area contributed by atoms with Crippen molar-refractivity contribution in [2.45, 2.75) is 24.9 Å². The molecule has 2 saturated heterocycles. The molecule has 222 valence electrons. The molecule has 42 heavy (non-hydrogen) atoms. The summed E-state index contributed by atoms with van der Waals surface area (Å²) in [5.41, 5.74) is -0.665. The number of rotatable bonds is 10. The van der Waals surface area contributed by atoms with Crippen molar-refractivity contribution in [1.29, 1.82) is 0 Å². The van der Waals surface area contributed by atoms with Crippen molar-refractivity contribution in [1.82, 2.24) is 9.80 Å². The second-order valence-corrected chi connectivity index (χ2v) is 9.98. The van der Waals surface area contributed by atoms with E-state index >= 15 is 0 Å². The van der Waals surface area contributed by atoms with Crippen LogP contribution in [0.25, 0.3) is 0 Å². The molecule has 2 fully saturated rings. The predicted octanol–water partition coefficient (Wildman–Crippen LogP) is 2.33. The molecule has 0 radical (unpaired) electrons. The number of likely N-dealkylation sites (N-methyl/N-ethyl adjacent to an activating group) is 2. The van der Waals surface area contributed by atoms with E-state index in [9.17, 15) is 39.6 Å². The number of nitrogens with zero attached hydrogens (tertiary/aromatic N) is 2. The summed E-state index contributed by atoms with van der Waals surface area (Å²) in [6.07, 6.45) is 26.5. The van der Waals surface area contributed by atoms with Crippen LogP contribution in [0.2, 0.25) is 0 Å². The first-order valence-corrected chi connectivity index (χ1v) is 13.5. The van der Waals surface area contributed by atoms with E-state index in [0.29, 0.717) is 0 Å². The molecule has 0 spiro atoms. The highest BCUT2D eigenvalue weighted by atomic mass is 16.3. The van der Waals surface area contributed by atoms with Gasteiger partial charge in [-0.3, -0.25) is 19.2 Å². The molecule has 3 rings (SSSR count). The maximum atomic E-state index is 12.2. The van der Waals surface area contributed by atoms with Crippen LogP contribution in [0.1, 0.15) is 12.8 Å². The Kier molecular flexibility index (Phi) is 11.3. The summed E-state index contributed by atoms with van der Waals surface area (Å²) >= 11 is 0. The molecule has 2 aliphatic heterocycles. The molecule has 0 aromatic carbocycles. The van der Waals surface area contributed by atoms with E-state index in [4.69, 9.17) is 0 Å². The van der Waals surface area contributed by atoms with Crippen molar-refractivity contribution in [2.24, 2.45) is 11.8 Å². The molecule has 1 aliphatic carbocycles. The van der Waals surface area contributed by atoms with Crippen molar-refractivity contribution < 1.29 is 39.6 Å². The summed E-state index contributed by atoms with van der Waals surface area (Å²) in [4.78, 5) is 51.0. The van der Waals surface area contributed by atoms with Crippen molar-refractivity contribution in [3.05, 3.63) is 108 Å². The van der Waals surface area contributed by atoms with Crippen LogP contribution >= 0.6 is 0 Å². The Morgan fingerprint density at radius 2 is 1.19 bits per heavy atom. The number of likely N-dealkylation sites (tertiary alicyclic amines) is 2. The quantitative estimate of drug-likeness (QED) is 0.102. The number of carbonyl (C=O) groups excluding carboxylic acids is 4. The first-order chi connectivity index (χ1) is 20.1. The minimum atomic E-state index is -0.977. The highest BCUT2D eigenvalue weighted by molar-refractivity contribution is 6.27. The van der Waals surface area contributed by atoms with Gasteiger partial charge in [0, 0.05) is 20.0 Å². The van der Waals surface area contributed by atoms with Crippen LogP contribution in [0.3, 0.4) is 0 Å². The Morgan fingerprint density at radius 3 is 1.64 bits per heavy atom. The number of ketones is 2. The second-order valence-electron chi connectivity index (χ2n) is 9.98. The molecule has 0 aromatic heterocycles. The summed E-state index contributed by atoms with van der Waals surface area (Å²) in [7, 11) is 2.80. The largest absolute Gasteiger partial charge is 0.507 e. The molecular weight excluding hydrogens is 540 g/mol. The first kappa shape index (κ1) is 32.0. The molecule has 4 unspecified atom stereocenters. The van der Waals surface area contributed by atoms with Gasteiger partial charge in [0.2, 0.25) is 0 Å². The lowest BCUT2D eigenvalue weighted by Crippen LogP contribution is -2.34. The van der Waals surface area contributed by atoms with Gasteiger partial charge in [0.15, 0.2) is 11.6 Å². The topological polar surface area (TPSA) is 156 Å². The maximum Gasteiger partial charge on any atom is 0.261 e. The van der Waals surface area contributed by atoms with Gasteiger partial charge in [-0.25, -0.2) is 0 Å². The zero-order chi connectivity index (χ0) is 30.8. The van der Waals surface area contributed by atoms with Gasteiger partial charge in [-0.2, -0.15) is 0 Å². The molecule has 3 aliphatic rings. The highest BCUT2D eigenvalue weighted by Gasteiger charge is 2.43. The monoisotopic (exact) mass is 576 g/mol. The number of allylic oxidation sites excluding steroid dienone is 14. The third kappa shape index (κ3) is 7.20. The summed E-state index contributed by atoms with van der Waals surface area (Å²) in [6, 6.07) is -1.95. The standard InChI is InChI=1S/C32H36N2O8/c1-33-23(19-35)29(39)27(31(33)41)25(37)17-9-5-3-7-13-21-15-11-12-16-22(21)14-8-4-6-10-18-26(38)28-30(40)24(20-36)34(2)32(28)42/h3-11,13-15,17-18,21-24,35-38H,12,16,19-20H2,1-2H3/b5-3+,6-4+,13-7+,14-8+,17-9+,18-10+,27-25+,28-26-. The lowest BCUT2D eigenvalue weighted by atomic mass is 9.83. The third-order valence-electron chi connectivity index (χ3n) is 7.35. The van der Waals surface area contributed by atoms with Crippen molar-refractivity contribution >= 4 is 23.4 Å². The summed E-state index contributed by atoms with van der Waals surface area (Å²) in [6.45, 7) is -1.02. The Labute approximate surface area is 244 Å². The molecule has 0 bridgehead atoms. The number of Topliss-reactive ketones (excluding diaryl/α,β-unsaturated/α-hetero) is 2. The Hall–Kier alpha value is -4.54. The number of hydrogen-bond donors (Lipinski definition) is 4. The smallest absolute Gasteiger partial charge is 0.261 e. The summed E-state index contributed by atoms with van der Waals surface area (Å²) in [5.74, 6) is -2.95. The number of hydrogen-bond acceptors (Lipinski definition) is 8. The average molecular weight is 577 g/mol. The van der Waals surface area contributed by atoms with Crippen molar-refractivity contribution in [3.63, 3.8) is 0 Å². The van der Waals surface area contributed by atoms with E-state index in [2.05, 4.69) is 18.2 Å². The molecule has 2 amide bonds. The Balaban J connectivity index is 1.56. The van der Waals surface area contributed by atoms with E-state index in [1.54, 1.807) is 24.3 Å². The highest BCUT2D eigenvalue weighted by Crippen LogP contribution is 2.27. The minimum absolute atomic E-state index is 0.160. The number of carbonyl (C=O) groups is 4. The molecular formula is C32H36N2O8. The molecule has 10 nitrogen and oxygen atoms in total. The van der Waals surface area contributed by atoms with Gasteiger partial charge in [0.25, 0.3) is 11.8 Å². The van der Waals surface area contributed by atoms with E-state index in [1.165, 1.54) is 38.4 Å². The van der Waals surface area contributed by atoms with Crippen molar-refractivity contribution in [2.75, 3.05) is 27.3 Å². The van der Waals surface area contributed by atoms with Gasteiger partial charge < -0.3 is 30.2 Å². The van der Waals surface area contributed by atoms with Crippen LogP contribution in [-0.2, 0) is 19.2 Å². The van der Waals surface area contributed by atoms with Crippen LogP contribution < -0.4 is 0 Å². The van der Waals surface area contributed by atoms with E-state index < -0.39 is 60.2 Å². The van der Waals surface area contributed by atoms with Crippen LogP contribution in [-0.4, -0.2) is 93.0 Å². The zero-order valence-electron chi connectivity index (χ0n) is 23.5. The molecule has 0 saturated carbocycles. The number of amides is 2. The number of aliphatic hydroxyl groups is 4. The lowest BCUT2D eigenvalue weighted by molar-refractivity contribution is -0.126. The van der Waals surface area contributed by atoms with Crippen LogP contribution in [0.4, 0.5) is 0 Å². The summed E-state index contributed by atoms with van der Waals surface area (Å²) in [5, 5.41) is 39.0. The second kappa shape index (κ2) is 14.9. The zero-order valence-corrected chi connectivity index (χ0v) is 23.5. The van der Waals surface area contributed by atoms with E-state index in [-0.39, 0.29) is 23.0 Å². The van der Waals surface area contributed by atoms with Gasteiger partial charge in [0.05, 0.1) is 13.2 Å². The van der Waals surface area contributed by atoms with Gasteiger partial charge >= 0.3 is 0 Å².